The van der Waals surface area contributed by atoms with Crippen LogP contribution in [-0.4, -0.2) is 11.7 Å². The van der Waals surface area contributed by atoms with Gasteiger partial charge in [-0.3, -0.25) is 4.79 Å². The standard InChI is InChI=1S/C18H24F2O/c1-17-8-6-14-13-5-3-12(21)10-11(13)2-4-15(14)16(17)7-9-18(17,19)20/h10,13-16H,2-9H2,1H3/t13-,14?,15?,16?,17-/m0/s1. The molecule has 3 unspecified atom stereocenters. The number of fused-ring (bicyclic) bond motifs is 5. The van der Waals surface area contributed by atoms with E-state index in [1.54, 1.807) is 0 Å². The van der Waals surface area contributed by atoms with Crippen LogP contribution in [0, 0.1) is 29.1 Å². The van der Waals surface area contributed by atoms with Crippen LogP contribution in [0.2, 0.25) is 0 Å². The second kappa shape index (κ2) is 4.39. The topological polar surface area (TPSA) is 17.1 Å². The lowest BCUT2D eigenvalue weighted by molar-refractivity contribution is -0.144. The lowest BCUT2D eigenvalue weighted by Crippen LogP contribution is -2.49. The van der Waals surface area contributed by atoms with Gasteiger partial charge in [-0.25, -0.2) is 8.78 Å². The van der Waals surface area contributed by atoms with Crippen molar-refractivity contribution in [2.24, 2.45) is 29.1 Å². The average molecular weight is 294 g/mol. The van der Waals surface area contributed by atoms with Gasteiger partial charge in [0.05, 0.1) is 0 Å². The zero-order valence-electron chi connectivity index (χ0n) is 12.7. The summed E-state index contributed by atoms with van der Waals surface area (Å²) in [4.78, 5) is 11.6. The fourth-order valence-corrected chi connectivity index (χ4v) is 6.11. The van der Waals surface area contributed by atoms with Gasteiger partial charge in [-0.15, -0.1) is 0 Å². The highest BCUT2D eigenvalue weighted by Gasteiger charge is 2.64. The van der Waals surface area contributed by atoms with Crippen molar-refractivity contribution >= 4 is 5.78 Å². The Morgan fingerprint density at radius 3 is 2.67 bits per heavy atom. The maximum atomic E-state index is 14.4. The molecule has 21 heavy (non-hydrogen) atoms. The van der Waals surface area contributed by atoms with Gasteiger partial charge in [0, 0.05) is 18.3 Å². The minimum absolute atomic E-state index is 0.0865. The Morgan fingerprint density at radius 1 is 1.05 bits per heavy atom. The lowest BCUT2D eigenvalue weighted by atomic mass is 9.52. The SMILES string of the molecule is C[C@]12CCC3C(CCC4=CC(=O)CC[C@@H]43)C1CCC2(F)F. The molecule has 5 atom stereocenters. The minimum Gasteiger partial charge on any atom is -0.295 e. The van der Waals surface area contributed by atoms with Crippen LogP contribution in [0.15, 0.2) is 11.6 Å². The zero-order chi connectivity index (χ0) is 14.8. The van der Waals surface area contributed by atoms with Crippen LogP contribution < -0.4 is 0 Å². The quantitative estimate of drug-likeness (QED) is 0.629. The van der Waals surface area contributed by atoms with Crippen LogP contribution in [0.5, 0.6) is 0 Å². The summed E-state index contributed by atoms with van der Waals surface area (Å²) in [5.74, 6) is -0.461. The summed E-state index contributed by atoms with van der Waals surface area (Å²) in [6.07, 6.45) is 7.89. The van der Waals surface area contributed by atoms with Crippen molar-refractivity contribution in [2.45, 2.75) is 64.2 Å². The van der Waals surface area contributed by atoms with Gasteiger partial charge in [0.15, 0.2) is 5.78 Å². The van der Waals surface area contributed by atoms with Crippen LogP contribution in [0.25, 0.3) is 0 Å². The number of hydrogen-bond donors (Lipinski definition) is 0. The first-order valence-corrected chi connectivity index (χ1v) is 8.53. The lowest BCUT2D eigenvalue weighted by Gasteiger charge is -2.53. The summed E-state index contributed by atoms with van der Waals surface area (Å²) in [6, 6.07) is 0. The smallest absolute Gasteiger partial charge is 0.253 e. The Labute approximate surface area is 125 Å². The molecule has 1 nitrogen and oxygen atoms in total. The van der Waals surface area contributed by atoms with E-state index in [2.05, 4.69) is 0 Å². The number of allylic oxidation sites excluding steroid dienone is 1. The predicted molar refractivity (Wildman–Crippen MR) is 77.0 cm³/mol. The van der Waals surface area contributed by atoms with E-state index in [1.165, 1.54) is 5.57 Å². The molecule has 3 heteroatoms. The van der Waals surface area contributed by atoms with Crippen LogP contribution in [0.3, 0.4) is 0 Å². The molecule has 116 valence electrons. The monoisotopic (exact) mass is 294 g/mol. The van der Waals surface area contributed by atoms with Crippen molar-refractivity contribution in [1.82, 2.24) is 0 Å². The molecule has 0 aromatic carbocycles. The molecule has 0 amide bonds. The van der Waals surface area contributed by atoms with Crippen molar-refractivity contribution in [3.05, 3.63) is 11.6 Å². The Kier molecular flexibility index (Phi) is 2.91. The van der Waals surface area contributed by atoms with Gasteiger partial charge >= 0.3 is 0 Å². The summed E-state index contributed by atoms with van der Waals surface area (Å²) in [6.45, 7) is 1.84. The largest absolute Gasteiger partial charge is 0.295 e. The molecule has 0 saturated heterocycles. The summed E-state index contributed by atoms with van der Waals surface area (Å²) < 4.78 is 28.7. The fourth-order valence-electron chi connectivity index (χ4n) is 6.11. The molecule has 3 saturated carbocycles. The second-order valence-electron chi connectivity index (χ2n) is 8.00. The molecule has 3 fully saturated rings. The van der Waals surface area contributed by atoms with Crippen LogP contribution in [-0.2, 0) is 4.79 Å². The third-order valence-corrected chi connectivity index (χ3v) is 7.29. The van der Waals surface area contributed by atoms with Crippen LogP contribution in [0.4, 0.5) is 8.78 Å². The molecule has 0 aliphatic heterocycles. The maximum Gasteiger partial charge on any atom is 0.253 e. The summed E-state index contributed by atoms with van der Waals surface area (Å²) in [5.41, 5.74) is 0.570. The number of rotatable bonds is 0. The van der Waals surface area contributed by atoms with Gasteiger partial charge in [0.1, 0.15) is 0 Å². The highest BCUT2D eigenvalue weighted by molar-refractivity contribution is 5.91. The van der Waals surface area contributed by atoms with E-state index in [9.17, 15) is 13.6 Å². The molecule has 4 aliphatic carbocycles. The van der Waals surface area contributed by atoms with Crippen LogP contribution >= 0.6 is 0 Å². The van der Waals surface area contributed by atoms with E-state index in [-0.39, 0.29) is 18.1 Å². The highest BCUT2D eigenvalue weighted by atomic mass is 19.3. The van der Waals surface area contributed by atoms with Gasteiger partial charge < -0.3 is 0 Å². The fraction of sp³-hybridized carbons (Fsp3) is 0.833. The molecule has 4 aliphatic rings. The van der Waals surface area contributed by atoms with E-state index in [1.807, 2.05) is 13.0 Å². The third kappa shape index (κ3) is 1.82. The van der Waals surface area contributed by atoms with Gasteiger partial charge in [0.2, 0.25) is 0 Å². The van der Waals surface area contributed by atoms with Gasteiger partial charge in [-0.05, 0) is 68.3 Å². The number of alkyl halides is 2. The molecule has 4 rings (SSSR count). The van der Waals surface area contributed by atoms with E-state index in [0.29, 0.717) is 37.0 Å². The maximum absolute atomic E-state index is 14.4. The van der Waals surface area contributed by atoms with E-state index < -0.39 is 11.3 Å². The van der Waals surface area contributed by atoms with Crippen molar-refractivity contribution in [2.75, 3.05) is 0 Å². The molecular weight excluding hydrogens is 270 g/mol. The molecule has 0 heterocycles. The van der Waals surface area contributed by atoms with E-state index in [0.717, 1.165) is 25.7 Å². The van der Waals surface area contributed by atoms with Gasteiger partial charge in [0.25, 0.3) is 5.92 Å². The third-order valence-electron chi connectivity index (χ3n) is 7.29. The number of ketones is 1. The van der Waals surface area contributed by atoms with Crippen molar-refractivity contribution in [3.63, 3.8) is 0 Å². The van der Waals surface area contributed by atoms with E-state index in [4.69, 9.17) is 0 Å². The normalized spacial score (nSPS) is 48.1. The Morgan fingerprint density at radius 2 is 1.86 bits per heavy atom. The first kappa shape index (κ1) is 13.9. The molecule has 0 aromatic heterocycles. The number of hydrogen-bond acceptors (Lipinski definition) is 1. The van der Waals surface area contributed by atoms with Crippen LogP contribution in [0.1, 0.15) is 58.3 Å². The van der Waals surface area contributed by atoms with Gasteiger partial charge in [-0.1, -0.05) is 12.5 Å². The van der Waals surface area contributed by atoms with Crippen molar-refractivity contribution < 1.29 is 13.6 Å². The first-order valence-electron chi connectivity index (χ1n) is 8.53. The Balaban J connectivity index is 1.64. The molecule has 0 bridgehead atoms. The first-order chi connectivity index (χ1) is 9.92. The zero-order valence-corrected chi connectivity index (χ0v) is 12.7. The van der Waals surface area contributed by atoms with E-state index >= 15 is 0 Å². The second-order valence-corrected chi connectivity index (χ2v) is 8.00. The molecular formula is C18H24F2O. The number of carbonyl (C=O) groups excluding carboxylic acids is 1. The molecule has 0 spiro atoms. The predicted octanol–water partition coefficient (Wildman–Crippen LogP) is 4.76. The molecule has 0 radical (unpaired) electrons. The minimum atomic E-state index is -2.47. The summed E-state index contributed by atoms with van der Waals surface area (Å²) in [5, 5.41) is 0. The van der Waals surface area contributed by atoms with Crippen molar-refractivity contribution in [3.8, 4) is 0 Å². The summed E-state index contributed by atoms with van der Waals surface area (Å²) in [7, 11) is 0. The Hall–Kier alpha value is -0.730. The molecule has 0 aromatic rings. The number of halogens is 2. The number of carbonyl (C=O) groups is 1. The molecule has 0 N–H and O–H groups in total. The summed E-state index contributed by atoms with van der Waals surface area (Å²) >= 11 is 0. The van der Waals surface area contributed by atoms with Crippen molar-refractivity contribution in [1.29, 1.82) is 0 Å². The average Bonchev–Trinajstić information content (AvgIpc) is 2.69. The van der Waals surface area contributed by atoms with Gasteiger partial charge in [-0.2, -0.15) is 0 Å². The Bertz CT molecular complexity index is 509. The highest BCUT2D eigenvalue weighted by Crippen LogP contribution is 2.66.